The average Bonchev–Trinajstić information content (AvgIpc) is 3.24. The van der Waals surface area contributed by atoms with Gasteiger partial charge in [0.15, 0.2) is 0 Å². The summed E-state index contributed by atoms with van der Waals surface area (Å²) in [5, 5.41) is 12.0. The van der Waals surface area contributed by atoms with E-state index in [0.717, 1.165) is 74.1 Å². The van der Waals surface area contributed by atoms with Gasteiger partial charge in [-0.25, -0.2) is 9.97 Å². The van der Waals surface area contributed by atoms with Crippen LogP contribution in [-0.4, -0.2) is 56.7 Å². The Bertz CT molecular complexity index is 1210. The highest BCUT2D eigenvalue weighted by molar-refractivity contribution is 5.94. The van der Waals surface area contributed by atoms with Gasteiger partial charge in [0, 0.05) is 42.7 Å². The molecule has 8 heteroatoms. The van der Waals surface area contributed by atoms with Gasteiger partial charge in [-0.15, -0.1) is 0 Å². The van der Waals surface area contributed by atoms with Gasteiger partial charge in [-0.3, -0.25) is 14.4 Å². The van der Waals surface area contributed by atoms with Crippen molar-refractivity contribution < 1.29 is 4.79 Å². The molecule has 5 rings (SSSR count). The molecule has 36 heavy (non-hydrogen) atoms. The van der Waals surface area contributed by atoms with Gasteiger partial charge in [0.1, 0.15) is 5.82 Å². The van der Waals surface area contributed by atoms with E-state index in [2.05, 4.69) is 45.5 Å². The maximum absolute atomic E-state index is 12.8. The van der Waals surface area contributed by atoms with Gasteiger partial charge in [0.2, 0.25) is 5.91 Å². The van der Waals surface area contributed by atoms with Crippen LogP contribution in [0.4, 0.5) is 5.82 Å². The van der Waals surface area contributed by atoms with E-state index in [9.17, 15) is 4.79 Å². The number of hydrogen-bond donors (Lipinski definition) is 2. The summed E-state index contributed by atoms with van der Waals surface area (Å²) in [6.07, 6.45) is 10.3. The minimum Gasteiger partial charge on any atom is -0.317 e. The molecule has 1 amide bonds. The normalized spacial score (nSPS) is 17.7. The molecule has 5 heterocycles. The van der Waals surface area contributed by atoms with Crippen LogP contribution < -0.4 is 10.6 Å². The molecule has 0 radical (unpaired) electrons. The number of hydrogen-bond acceptors (Lipinski definition) is 6. The van der Waals surface area contributed by atoms with Gasteiger partial charge in [0.25, 0.3) is 0 Å². The number of fused-ring (bicyclic) bond motifs is 1. The molecule has 8 nitrogen and oxygen atoms in total. The van der Waals surface area contributed by atoms with Crippen molar-refractivity contribution in [2.24, 2.45) is 18.9 Å². The molecule has 2 N–H and O–H groups in total. The Labute approximate surface area is 213 Å². The third-order valence-electron chi connectivity index (χ3n) is 7.51. The minimum atomic E-state index is 0.0356. The Balaban J connectivity index is 1.49. The lowest BCUT2D eigenvalue weighted by molar-refractivity contribution is -0.120. The fourth-order valence-corrected chi connectivity index (χ4v) is 5.50. The van der Waals surface area contributed by atoms with Crippen LogP contribution in [0.3, 0.4) is 0 Å². The van der Waals surface area contributed by atoms with Crippen LogP contribution in [-0.2, 0) is 24.8 Å². The highest BCUT2D eigenvalue weighted by Crippen LogP contribution is 2.31. The molecule has 0 aromatic carbocycles. The molecule has 0 bridgehead atoms. The van der Waals surface area contributed by atoms with Crippen molar-refractivity contribution in [2.75, 3.05) is 31.5 Å². The second-order valence-corrected chi connectivity index (χ2v) is 10.8. The molecule has 0 atom stereocenters. The van der Waals surface area contributed by atoms with Crippen LogP contribution in [0.5, 0.6) is 0 Å². The second-order valence-electron chi connectivity index (χ2n) is 10.8. The molecule has 2 aliphatic heterocycles. The topological polar surface area (TPSA) is 88.0 Å². The summed E-state index contributed by atoms with van der Waals surface area (Å²) in [5.74, 6) is 1.16. The van der Waals surface area contributed by atoms with E-state index in [-0.39, 0.29) is 11.8 Å². The Morgan fingerprint density at radius 1 is 1.14 bits per heavy atom. The maximum Gasteiger partial charge on any atom is 0.228 e. The third-order valence-corrected chi connectivity index (χ3v) is 7.51. The van der Waals surface area contributed by atoms with Crippen LogP contribution in [0.2, 0.25) is 0 Å². The highest BCUT2D eigenvalue weighted by atomic mass is 16.1. The summed E-state index contributed by atoms with van der Waals surface area (Å²) in [7, 11) is 2.03. The van der Waals surface area contributed by atoms with Gasteiger partial charge in [0.05, 0.1) is 23.1 Å². The van der Waals surface area contributed by atoms with Crippen molar-refractivity contribution in [1.29, 1.82) is 0 Å². The molecule has 2 fully saturated rings. The summed E-state index contributed by atoms with van der Waals surface area (Å²) in [6, 6.07) is 4.14. The van der Waals surface area contributed by atoms with Crippen molar-refractivity contribution in [3.8, 4) is 11.3 Å². The number of nitrogens with one attached hydrogen (secondary N) is 2. The number of aryl methyl sites for hydroxylation is 1. The second kappa shape index (κ2) is 11.0. The van der Waals surface area contributed by atoms with Gasteiger partial charge >= 0.3 is 0 Å². The van der Waals surface area contributed by atoms with Crippen LogP contribution in [0.25, 0.3) is 22.2 Å². The largest absolute Gasteiger partial charge is 0.317 e. The molecular formula is C28H39N7O. The number of likely N-dealkylation sites (tertiary alicyclic amines) is 1. The summed E-state index contributed by atoms with van der Waals surface area (Å²) >= 11 is 0. The number of rotatable bonds is 7. The zero-order chi connectivity index (χ0) is 25.1. The number of anilines is 1. The first-order valence-corrected chi connectivity index (χ1v) is 13.5. The molecule has 0 unspecified atom stereocenters. The molecule has 3 aromatic heterocycles. The van der Waals surface area contributed by atoms with E-state index in [1.165, 1.54) is 30.5 Å². The Morgan fingerprint density at radius 3 is 2.67 bits per heavy atom. The van der Waals surface area contributed by atoms with Crippen molar-refractivity contribution in [2.45, 2.75) is 58.9 Å². The van der Waals surface area contributed by atoms with E-state index < -0.39 is 0 Å². The Morgan fingerprint density at radius 2 is 1.92 bits per heavy atom. The Hall–Kier alpha value is -2.84. The van der Waals surface area contributed by atoms with E-state index in [1.54, 1.807) is 0 Å². The summed E-state index contributed by atoms with van der Waals surface area (Å²) in [5.41, 5.74) is 5.39. The number of carbonyl (C=O) groups excluding carboxylic acids is 1. The predicted molar refractivity (Wildman–Crippen MR) is 144 cm³/mol. The van der Waals surface area contributed by atoms with Crippen molar-refractivity contribution in [3.05, 3.63) is 35.8 Å². The molecule has 2 saturated heterocycles. The zero-order valence-corrected chi connectivity index (χ0v) is 21.9. The molecule has 0 spiro atoms. The number of carbonyl (C=O) groups is 1. The first kappa shape index (κ1) is 24.8. The quantitative estimate of drug-likeness (QED) is 0.518. The fourth-order valence-electron chi connectivity index (χ4n) is 5.50. The fraction of sp³-hybridized carbons (Fsp3) is 0.571. The number of aromatic nitrogens is 4. The van der Waals surface area contributed by atoms with Crippen LogP contribution >= 0.6 is 0 Å². The molecular weight excluding hydrogens is 450 g/mol. The summed E-state index contributed by atoms with van der Waals surface area (Å²) in [4.78, 5) is 25.0. The summed E-state index contributed by atoms with van der Waals surface area (Å²) < 4.78 is 2.01. The first-order chi connectivity index (χ1) is 17.5. The van der Waals surface area contributed by atoms with Crippen LogP contribution in [0.15, 0.2) is 24.5 Å². The van der Waals surface area contributed by atoms with E-state index in [0.29, 0.717) is 11.7 Å². The van der Waals surface area contributed by atoms with Crippen molar-refractivity contribution >= 4 is 22.6 Å². The lowest BCUT2D eigenvalue weighted by atomic mass is 9.96. The van der Waals surface area contributed by atoms with E-state index in [1.807, 2.05) is 30.2 Å². The monoisotopic (exact) mass is 489 g/mol. The first-order valence-electron chi connectivity index (χ1n) is 13.5. The van der Waals surface area contributed by atoms with E-state index in [4.69, 9.17) is 4.98 Å². The van der Waals surface area contributed by atoms with Crippen molar-refractivity contribution in [1.82, 2.24) is 30.0 Å². The SMILES string of the molecule is CC(C)Cc1cc2cnc(NC(=O)C3CCNCC3)cc2nc1-c1cnn(C)c1CN1CCCCC1. The Kier molecular flexibility index (Phi) is 7.62. The smallest absolute Gasteiger partial charge is 0.228 e. The molecule has 192 valence electrons. The van der Waals surface area contributed by atoms with Crippen LogP contribution in [0, 0.1) is 11.8 Å². The number of amides is 1. The van der Waals surface area contributed by atoms with Crippen molar-refractivity contribution in [3.63, 3.8) is 0 Å². The third kappa shape index (κ3) is 5.60. The number of piperidine rings is 2. The lowest BCUT2D eigenvalue weighted by Crippen LogP contribution is -2.34. The van der Waals surface area contributed by atoms with Gasteiger partial charge < -0.3 is 10.6 Å². The molecule has 2 aliphatic rings. The molecule has 0 aliphatic carbocycles. The standard InChI is InChI=1S/C28H39N7O/c1-19(2)13-21-14-22-16-30-26(33-28(36)20-7-9-29-10-8-20)15-24(22)32-27(21)23-17-31-34(3)25(23)18-35-11-5-4-6-12-35/h14-17,19-20,29H,4-13,18H2,1-3H3,(H,30,33,36). The zero-order valence-electron chi connectivity index (χ0n) is 21.9. The predicted octanol–water partition coefficient (Wildman–Crippen LogP) is 4.15. The number of pyridine rings is 2. The molecule has 0 saturated carbocycles. The van der Waals surface area contributed by atoms with E-state index >= 15 is 0 Å². The van der Waals surface area contributed by atoms with Gasteiger partial charge in [-0.05, 0) is 75.8 Å². The number of nitrogens with zero attached hydrogens (tertiary/aromatic N) is 5. The van der Waals surface area contributed by atoms with Crippen LogP contribution in [0.1, 0.15) is 57.2 Å². The average molecular weight is 490 g/mol. The highest BCUT2D eigenvalue weighted by Gasteiger charge is 2.23. The summed E-state index contributed by atoms with van der Waals surface area (Å²) in [6.45, 7) is 9.42. The minimum absolute atomic E-state index is 0.0356. The van der Waals surface area contributed by atoms with Gasteiger partial charge in [-0.2, -0.15) is 5.10 Å². The molecule has 3 aromatic rings. The lowest BCUT2D eigenvalue weighted by Gasteiger charge is -2.27. The maximum atomic E-state index is 12.8. The van der Waals surface area contributed by atoms with Gasteiger partial charge in [-0.1, -0.05) is 20.3 Å².